The molecule has 0 aromatic rings. The van der Waals surface area contributed by atoms with Gasteiger partial charge < -0.3 is 20.3 Å². The lowest BCUT2D eigenvalue weighted by Crippen LogP contribution is -2.45. The van der Waals surface area contributed by atoms with Crippen LogP contribution in [0.2, 0.25) is 0 Å². The summed E-state index contributed by atoms with van der Waals surface area (Å²) in [6.07, 6.45) is 98.8. The molecule has 0 aliphatic rings. The zero-order valence-electron chi connectivity index (χ0n) is 60.3. The maximum atomic E-state index is 12.6. The maximum Gasteiger partial charge on any atom is 0.305 e. The van der Waals surface area contributed by atoms with E-state index in [4.69, 9.17) is 4.74 Å². The van der Waals surface area contributed by atoms with E-state index in [0.717, 1.165) is 38.5 Å². The van der Waals surface area contributed by atoms with Gasteiger partial charge in [0.1, 0.15) is 0 Å². The number of ether oxygens (including phenoxy) is 1. The molecule has 6 heteroatoms. The summed E-state index contributed by atoms with van der Waals surface area (Å²) in [6.45, 7) is 5.01. The maximum absolute atomic E-state index is 12.6. The van der Waals surface area contributed by atoms with Gasteiger partial charge in [0.2, 0.25) is 5.91 Å². The molecule has 0 heterocycles. The molecule has 88 heavy (non-hydrogen) atoms. The van der Waals surface area contributed by atoms with Crippen molar-refractivity contribution in [3.05, 3.63) is 12.2 Å². The van der Waals surface area contributed by atoms with Gasteiger partial charge in [-0.3, -0.25) is 9.59 Å². The van der Waals surface area contributed by atoms with Crippen LogP contribution in [0, 0.1) is 0 Å². The van der Waals surface area contributed by atoms with Gasteiger partial charge in [0.25, 0.3) is 0 Å². The van der Waals surface area contributed by atoms with Gasteiger partial charge in [-0.25, -0.2) is 0 Å². The Hall–Kier alpha value is -1.40. The minimum atomic E-state index is -0.662. The third kappa shape index (κ3) is 73.6. The molecular formula is C82H161NO5. The second-order valence-corrected chi connectivity index (χ2v) is 28.5. The summed E-state index contributed by atoms with van der Waals surface area (Å²) < 4.78 is 5.52. The van der Waals surface area contributed by atoms with E-state index in [1.54, 1.807) is 0 Å². The Balaban J connectivity index is 3.32. The van der Waals surface area contributed by atoms with Gasteiger partial charge in [-0.15, -0.1) is 0 Å². The van der Waals surface area contributed by atoms with E-state index >= 15 is 0 Å². The number of aliphatic hydroxyl groups excluding tert-OH is 2. The number of unbranched alkanes of at least 4 members (excludes halogenated alkanes) is 65. The fraction of sp³-hybridized carbons (Fsp3) is 0.951. The van der Waals surface area contributed by atoms with E-state index < -0.39 is 12.1 Å². The predicted molar refractivity (Wildman–Crippen MR) is 389 cm³/mol. The molecule has 0 saturated carbocycles. The minimum absolute atomic E-state index is 0.0212. The van der Waals surface area contributed by atoms with E-state index in [1.807, 2.05) is 0 Å². The Kier molecular flexibility index (Phi) is 76.8. The quantitative estimate of drug-likeness (QED) is 0.0320. The molecule has 2 unspecified atom stereocenters. The lowest BCUT2D eigenvalue weighted by Gasteiger charge is -2.22. The topological polar surface area (TPSA) is 95.9 Å². The number of esters is 1. The SMILES string of the molecule is CCCCCCCC/C=C\CCCCCCCCCCCC(=O)OCCCCCCCCCCCCCCCCCCCCCCCCCCCCCCCCC(=O)NC(CO)C(O)CCCCCCCCCCCCCCCCCCCCCCCC. The largest absolute Gasteiger partial charge is 0.466 e. The van der Waals surface area contributed by atoms with Crippen molar-refractivity contribution in [2.75, 3.05) is 13.2 Å². The van der Waals surface area contributed by atoms with Crippen LogP contribution < -0.4 is 5.32 Å². The molecule has 0 aromatic heterocycles. The third-order valence-corrected chi connectivity index (χ3v) is 19.6. The molecule has 0 radical (unpaired) electrons. The highest BCUT2D eigenvalue weighted by atomic mass is 16.5. The fourth-order valence-electron chi connectivity index (χ4n) is 13.3. The molecule has 524 valence electrons. The van der Waals surface area contributed by atoms with Crippen molar-refractivity contribution < 1.29 is 24.5 Å². The van der Waals surface area contributed by atoms with Crippen molar-refractivity contribution in [1.29, 1.82) is 0 Å². The normalized spacial score (nSPS) is 12.5. The van der Waals surface area contributed by atoms with E-state index in [2.05, 4.69) is 31.3 Å². The van der Waals surface area contributed by atoms with Gasteiger partial charge in [0.05, 0.1) is 25.4 Å². The molecule has 0 bridgehead atoms. The average molecular weight is 1240 g/mol. The van der Waals surface area contributed by atoms with Crippen molar-refractivity contribution in [2.24, 2.45) is 0 Å². The highest BCUT2D eigenvalue weighted by Crippen LogP contribution is 2.21. The molecule has 1 amide bonds. The van der Waals surface area contributed by atoms with E-state index in [-0.39, 0.29) is 18.5 Å². The number of aliphatic hydroxyl groups is 2. The number of nitrogens with one attached hydrogen (secondary N) is 1. The monoisotopic (exact) mass is 1240 g/mol. The first-order chi connectivity index (χ1) is 43.5. The first-order valence-electron chi connectivity index (χ1n) is 40.9. The highest BCUT2D eigenvalue weighted by Gasteiger charge is 2.20. The summed E-state index contributed by atoms with van der Waals surface area (Å²) >= 11 is 0. The van der Waals surface area contributed by atoms with E-state index in [0.29, 0.717) is 25.9 Å². The van der Waals surface area contributed by atoms with Crippen LogP contribution >= 0.6 is 0 Å². The van der Waals surface area contributed by atoms with Gasteiger partial charge in [-0.2, -0.15) is 0 Å². The molecule has 0 saturated heterocycles. The third-order valence-electron chi connectivity index (χ3n) is 19.6. The van der Waals surface area contributed by atoms with Crippen molar-refractivity contribution >= 4 is 11.9 Å². The summed E-state index contributed by atoms with van der Waals surface area (Å²) in [5.41, 5.74) is 0. The second kappa shape index (κ2) is 78.0. The van der Waals surface area contributed by atoms with Crippen molar-refractivity contribution in [1.82, 2.24) is 5.32 Å². The molecule has 0 aromatic carbocycles. The van der Waals surface area contributed by atoms with Crippen LogP contribution in [0.3, 0.4) is 0 Å². The standard InChI is InChI=1S/C82H161NO5/c1-3-5-7-9-11-13-15-17-19-21-23-24-35-39-42-46-50-54-58-62-66-70-74-80(85)79(78-84)83-81(86)75-71-67-63-59-55-51-47-43-40-36-33-31-29-27-25-26-28-30-32-34-37-41-45-49-53-57-61-65-69-73-77-88-82(87)76-72-68-64-60-56-52-48-44-38-22-20-18-16-14-12-10-8-6-4-2/h18,20,79-80,84-85H,3-17,19,21-78H2,1-2H3,(H,83,86)/b20-18-. The smallest absolute Gasteiger partial charge is 0.305 e. The number of amides is 1. The number of carbonyl (C=O) groups excluding carboxylic acids is 2. The first kappa shape index (κ1) is 86.6. The van der Waals surface area contributed by atoms with Crippen molar-refractivity contribution in [3.8, 4) is 0 Å². The van der Waals surface area contributed by atoms with Crippen LogP contribution in [0.25, 0.3) is 0 Å². The van der Waals surface area contributed by atoms with Crippen LogP contribution in [-0.4, -0.2) is 47.4 Å². The zero-order chi connectivity index (χ0) is 63.5. The Bertz CT molecular complexity index is 1340. The van der Waals surface area contributed by atoms with Crippen molar-refractivity contribution in [2.45, 2.75) is 488 Å². The van der Waals surface area contributed by atoms with Gasteiger partial charge in [-0.1, -0.05) is 424 Å². The molecule has 6 nitrogen and oxygen atoms in total. The molecule has 0 aliphatic heterocycles. The molecule has 0 spiro atoms. The van der Waals surface area contributed by atoms with Gasteiger partial charge in [0, 0.05) is 12.8 Å². The number of rotatable bonds is 78. The molecule has 3 N–H and O–H groups in total. The zero-order valence-corrected chi connectivity index (χ0v) is 60.3. The molecule has 0 fully saturated rings. The van der Waals surface area contributed by atoms with Crippen LogP contribution in [0.5, 0.6) is 0 Å². The average Bonchev–Trinajstić information content (AvgIpc) is 3.58. The summed E-state index contributed by atoms with van der Waals surface area (Å²) in [4.78, 5) is 24.7. The minimum Gasteiger partial charge on any atom is -0.466 e. The van der Waals surface area contributed by atoms with Gasteiger partial charge in [-0.05, 0) is 51.4 Å². The van der Waals surface area contributed by atoms with E-state index in [1.165, 1.54) is 405 Å². The van der Waals surface area contributed by atoms with Crippen molar-refractivity contribution in [3.63, 3.8) is 0 Å². The summed E-state index contributed by atoms with van der Waals surface area (Å²) in [5, 5.41) is 23.5. The number of hydrogen-bond acceptors (Lipinski definition) is 5. The van der Waals surface area contributed by atoms with Gasteiger partial charge >= 0.3 is 5.97 Å². The molecule has 0 rings (SSSR count). The summed E-state index contributed by atoms with van der Waals surface area (Å²) in [6, 6.07) is -0.539. The molecular weight excluding hydrogens is 1080 g/mol. The predicted octanol–water partition coefficient (Wildman–Crippen LogP) is 27.1. The number of carbonyl (C=O) groups is 2. The Morgan fingerprint density at radius 2 is 0.534 bits per heavy atom. The van der Waals surface area contributed by atoms with Gasteiger partial charge in [0.15, 0.2) is 0 Å². The summed E-state index contributed by atoms with van der Waals surface area (Å²) in [5.74, 6) is -0.00383. The Morgan fingerprint density at radius 1 is 0.307 bits per heavy atom. The lowest BCUT2D eigenvalue weighted by molar-refractivity contribution is -0.143. The number of allylic oxidation sites excluding steroid dienone is 2. The Labute approximate surface area is 552 Å². The first-order valence-corrected chi connectivity index (χ1v) is 40.9. The molecule has 0 aliphatic carbocycles. The lowest BCUT2D eigenvalue weighted by atomic mass is 10.0. The second-order valence-electron chi connectivity index (χ2n) is 28.5. The van der Waals surface area contributed by atoms with Crippen LogP contribution in [0.1, 0.15) is 476 Å². The highest BCUT2D eigenvalue weighted by molar-refractivity contribution is 5.76. The van der Waals surface area contributed by atoms with E-state index in [9.17, 15) is 19.8 Å². The van der Waals surface area contributed by atoms with Crippen LogP contribution in [0.15, 0.2) is 12.2 Å². The molecule has 2 atom stereocenters. The van der Waals surface area contributed by atoms with Crippen LogP contribution in [0.4, 0.5) is 0 Å². The Morgan fingerprint density at radius 3 is 0.807 bits per heavy atom. The number of hydrogen-bond donors (Lipinski definition) is 3. The summed E-state index contributed by atoms with van der Waals surface area (Å²) in [7, 11) is 0. The fourth-order valence-corrected chi connectivity index (χ4v) is 13.3. The van der Waals surface area contributed by atoms with Crippen LogP contribution in [-0.2, 0) is 14.3 Å².